The summed E-state index contributed by atoms with van der Waals surface area (Å²) in [5.41, 5.74) is 0.230. The minimum atomic E-state index is -1.36. The number of carbonyl (C=O) groups excluding carboxylic acids is 1. The molecule has 1 N–H and O–H groups in total. The second kappa shape index (κ2) is 6.26. The molecule has 0 radical (unpaired) electrons. The molecule has 0 saturated heterocycles. The van der Waals surface area contributed by atoms with Crippen molar-refractivity contribution in [2.45, 2.75) is 6.42 Å². The van der Waals surface area contributed by atoms with Gasteiger partial charge in [0.1, 0.15) is 0 Å². The van der Waals surface area contributed by atoms with Crippen LogP contribution in [-0.4, -0.2) is 22.0 Å². The Labute approximate surface area is 123 Å². The summed E-state index contributed by atoms with van der Waals surface area (Å²) in [6.45, 7) is 0. The van der Waals surface area contributed by atoms with E-state index in [1.165, 1.54) is 12.3 Å². The second-order valence-electron chi connectivity index (χ2n) is 2.44. The van der Waals surface area contributed by atoms with E-state index in [-0.39, 0.29) is 63.4 Å². The Morgan fingerprint density at radius 2 is 2.07 bits per heavy atom. The molecule has 1 rings (SSSR count). The summed E-state index contributed by atoms with van der Waals surface area (Å²) in [5, 5.41) is 18.7. The Balaban J connectivity index is 0.00000169. The average Bonchev–Trinajstić information content (AvgIpc) is 2.03. The van der Waals surface area contributed by atoms with Crippen LogP contribution in [0.2, 0.25) is 0 Å². The molecule has 0 fully saturated rings. The fourth-order valence-corrected chi connectivity index (χ4v) is 0.871. The van der Waals surface area contributed by atoms with Gasteiger partial charge in [0, 0.05) is 18.0 Å². The third-order valence-electron chi connectivity index (χ3n) is 1.39. The van der Waals surface area contributed by atoms with Crippen LogP contribution in [-0.2, 0) is 11.2 Å². The van der Waals surface area contributed by atoms with Crippen LogP contribution in [0, 0.1) is 0 Å². The van der Waals surface area contributed by atoms with Crippen molar-refractivity contribution in [3.05, 3.63) is 29.6 Å². The average molecular weight is 219 g/mol. The first kappa shape index (κ1) is 13.7. The molecule has 0 aliphatic carbocycles. The summed E-state index contributed by atoms with van der Waals surface area (Å²) in [6, 6.07) is 1.23. The van der Waals surface area contributed by atoms with E-state index in [2.05, 4.69) is 4.98 Å². The first-order valence-electron chi connectivity index (χ1n) is 3.46. The zero-order chi connectivity index (χ0) is 9.84. The van der Waals surface area contributed by atoms with E-state index >= 15 is 0 Å². The Bertz CT molecular complexity index is 353. The van der Waals surface area contributed by atoms with Crippen LogP contribution in [0.4, 0.5) is 0 Å². The van der Waals surface area contributed by atoms with E-state index in [0.29, 0.717) is 5.56 Å². The van der Waals surface area contributed by atoms with E-state index in [0.717, 1.165) is 6.20 Å². The first-order chi connectivity index (χ1) is 6.09. The van der Waals surface area contributed by atoms with Gasteiger partial charge < -0.3 is 15.0 Å². The van der Waals surface area contributed by atoms with E-state index in [1.807, 2.05) is 0 Å². The molecule has 0 bridgehead atoms. The minimum absolute atomic E-state index is 0. The van der Waals surface area contributed by atoms with Gasteiger partial charge in [0.15, 0.2) is 0 Å². The number of carboxylic acid groups (broad SMARTS) is 2. The van der Waals surface area contributed by atoms with Crippen LogP contribution in [0.3, 0.4) is 0 Å². The Hall–Kier alpha value is -0.274. The zero-order valence-electron chi connectivity index (χ0n) is 7.56. The third kappa shape index (κ3) is 4.29. The van der Waals surface area contributed by atoms with Crippen molar-refractivity contribution in [2.75, 3.05) is 0 Å². The maximum atomic E-state index is 10.3. The molecule has 0 aliphatic rings. The van der Waals surface area contributed by atoms with Crippen molar-refractivity contribution < 1.29 is 71.2 Å². The number of aliphatic carboxylic acids is 1. The van der Waals surface area contributed by atoms with Crippen molar-refractivity contribution in [2.24, 2.45) is 0 Å². The fourth-order valence-electron chi connectivity index (χ4n) is 0.871. The largest absolute Gasteiger partial charge is 1.00 e. The van der Waals surface area contributed by atoms with Crippen LogP contribution in [0.25, 0.3) is 0 Å². The number of aromatic nitrogens is 1. The maximum Gasteiger partial charge on any atom is 1.00 e. The Kier molecular flexibility index (Phi) is 6.13. The topological polar surface area (TPSA) is 90.3 Å². The normalized spacial score (nSPS) is 8.86. The Morgan fingerprint density at radius 1 is 1.43 bits per heavy atom. The standard InChI is InChI=1S/C8H7NO4.K/c10-7(11)2-5-1-6(8(12)13)4-9-3-5;/h1,3-4H,2H2,(H,10,11)(H,12,13);/q;+1/p-1. The summed E-state index contributed by atoms with van der Waals surface area (Å²) in [7, 11) is 0. The van der Waals surface area contributed by atoms with Crippen molar-refractivity contribution in [1.29, 1.82) is 0 Å². The predicted molar refractivity (Wildman–Crippen MR) is 39.9 cm³/mol. The quantitative estimate of drug-likeness (QED) is 0.524. The first-order valence-corrected chi connectivity index (χ1v) is 3.46. The predicted octanol–water partition coefficient (Wildman–Crippen LogP) is -3.92. The Morgan fingerprint density at radius 3 is 2.57 bits per heavy atom. The van der Waals surface area contributed by atoms with Crippen molar-refractivity contribution in [3.8, 4) is 0 Å². The summed E-state index contributed by atoms with van der Waals surface area (Å²) in [6.07, 6.45) is 2.18. The smallest absolute Gasteiger partial charge is 0.545 e. The minimum Gasteiger partial charge on any atom is -0.545 e. The van der Waals surface area contributed by atoms with Crippen LogP contribution >= 0.6 is 0 Å². The van der Waals surface area contributed by atoms with Crippen LogP contribution in [0.1, 0.15) is 15.9 Å². The molecule has 0 aliphatic heterocycles. The number of rotatable bonds is 3. The van der Waals surface area contributed by atoms with Gasteiger partial charge in [0.2, 0.25) is 0 Å². The number of pyridine rings is 1. The molecule has 0 unspecified atom stereocenters. The van der Waals surface area contributed by atoms with Gasteiger partial charge >= 0.3 is 57.4 Å². The molecule has 5 nitrogen and oxygen atoms in total. The van der Waals surface area contributed by atoms with Gasteiger partial charge in [-0.1, -0.05) is 0 Å². The van der Waals surface area contributed by atoms with Crippen molar-refractivity contribution in [3.63, 3.8) is 0 Å². The van der Waals surface area contributed by atoms with Crippen LogP contribution in [0.5, 0.6) is 0 Å². The molecular formula is C8H6KNO4. The van der Waals surface area contributed by atoms with E-state index in [9.17, 15) is 14.7 Å². The molecule has 0 saturated carbocycles. The zero-order valence-corrected chi connectivity index (χ0v) is 10.7. The second-order valence-corrected chi connectivity index (χ2v) is 2.44. The van der Waals surface area contributed by atoms with E-state index < -0.39 is 11.9 Å². The van der Waals surface area contributed by atoms with Crippen molar-refractivity contribution in [1.82, 2.24) is 4.98 Å². The number of carboxylic acids is 2. The fraction of sp³-hybridized carbons (Fsp3) is 0.125. The summed E-state index contributed by atoms with van der Waals surface area (Å²) in [4.78, 5) is 24.2. The molecule has 0 amide bonds. The molecule has 6 heteroatoms. The van der Waals surface area contributed by atoms with Gasteiger partial charge in [-0.05, 0) is 11.6 Å². The number of hydrogen-bond acceptors (Lipinski definition) is 4. The van der Waals surface area contributed by atoms with Crippen LogP contribution < -0.4 is 56.5 Å². The number of carbonyl (C=O) groups is 2. The number of nitrogens with zero attached hydrogens (tertiary/aromatic N) is 1. The molecule has 0 spiro atoms. The van der Waals surface area contributed by atoms with Crippen molar-refractivity contribution >= 4 is 11.9 Å². The third-order valence-corrected chi connectivity index (χ3v) is 1.39. The van der Waals surface area contributed by atoms with Gasteiger partial charge in [0.25, 0.3) is 0 Å². The molecule has 14 heavy (non-hydrogen) atoms. The molecule has 1 heterocycles. The molecule has 0 aromatic carbocycles. The van der Waals surface area contributed by atoms with Gasteiger partial charge in [-0.15, -0.1) is 0 Å². The van der Waals surface area contributed by atoms with Gasteiger partial charge in [-0.3, -0.25) is 9.78 Å². The van der Waals surface area contributed by atoms with E-state index in [4.69, 9.17) is 5.11 Å². The van der Waals surface area contributed by atoms with Gasteiger partial charge in [-0.25, -0.2) is 0 Å². The molecule has 0 atom stereocenters. The number of hydrogen-bond donors (Lipinski definition) is 1. The van der Waals surface area contributed by atoms with Gasteiger partial charge in [-0.2, -0.15) is 0 Å². The summed E-state index contributed by atoms with van der Waals surface area (Å²) >= 11 is 0. The summed E-state index contributed by atoms with van der Waals surface area (Å²) in [5.74, 6) is -2.39. The monoisotopic (exact) mass is 219 g/mol. The summed E-state index contributed by atoms with van der Waals surface area (Å²) < 4.78 is 0. The SMILES string of the molecule is O=C(O)Cc1cncc(C(=O)[O-])c1.[K+]. The van der Waals surface area contributed by atoms with E-state index in [1.54, 1.807) is 0 Å². The molecule has 1 aromatic heterocycles. The molecule has 68 valence electrons. The molecule has 1 aromatic rings. The molecular weight excluding hydrogens is 213 g/mol. The van der Waals surface area contributed by atoms with Crippen LogP contribution in [0.15, 0.2) is 18.5 Å². The maximum absolute atomic E-state index is 10.3. The number of aromatic carboxylic acids is 1. The van der Waals surface area contributed by atoms with Gasteiger partial charge in [0.05, 0.1) is 12.4 Å².